The van der Waals surface area contributed by atoms with Crippen LogP contribution in [0.5, 0.6) is 5.75 Å². The van der Waals surface area contributed by atoms with Gasteiger partial charge >= 0.3 is 0 Å². The number of hydroxylamine groups is 2. The highest BCUT2D eigenvalue weighted by molar-refractivity contribution is 6.08. The largest absolute Gasteiger partial charge is 0.494 e. The molecule has 0 amide bonds. The van der Waals surface area contributed by atoms with Crippen LogP contribution in [0.15, 0.2) is 23.1 Å². The van der Waals surface area contributed by atoms with E-state index in [1.165, 1.54) is 0 Å². The molecule has 6 heteroatoms. The van der Waals surface area contributed by atoms with E-state index in [-0.39, 0.29) is 0 Å². The standard InChI is InChI=1S/C15H20N4O2/c1-5-6-11-12-8-18(21-4)9-19(12)15-13(17-11)14(20-3)10(2)7-16-15/h7-8H,5-6,9H2,1-4H3. The molecule has 0 radical (unpaired) electrons. The van der Waals surface area contributed by atoms with Gasteiger partial charge in [0.1, 0.15) is 12.4 Å². The third-order valence-electron chi connectivity index (χ3n) is 3.73. The molecule has 0 atom stereocenters. The molecule has 0 aliphatic carbocycles. The van der Waals surface area contributed by atoms with Crippen LogP contribution in [0.3, 0.4) is 0 Å². The number of allylic oxidation sites excluding steroid dienone is 1. The summed E-state index contributed by atoms with van der Waals surface area (Å²) in [6, 6.07) is 0. The molecule has 0 unspecified atom stereocenters. The van der Waals surface area contributed by atoms with Crippen molar-refractivity contribution < 1.29 is 9.57 Å². The van der Waals surface area contributed by atoms with Gasteiger partial charge in [0.2, 0.25) is 0 Å². The molecule has 0 aromatic carbocycles. The van der Waals surface area contributed by atoms with E-state index in [4.69, 9.17) is 14.6 Å². The van der Waals surface area contributed by atoms with Crippen LogP contribution >= 0.6 is 0 Å². The van der Waals surface area contributed by atoms with Crippen LogP contribution in [-0.4, -0.2) is 36.6 Å². The summed E-state index contributed by atoms with van der Waals surface area (Å²) in [5.41, 5.74) is 3.92. The van der Waals surface area contributed by atoms with Crippen LogP contribution in [-0.2, 0) is 4.84 Å². The van der Waals surface area contributed by atoms with E-state index >= 15 is 0 Å². The van der Waals surface area contributed by atoms with E-state index in [1.807, 2.05) is 19.3 Å². The third kappa shape index (κ3) is 2.15. The number of methoxy groups -OCH3 is 1. The lowest BCUT2D eigenvalue weighted by molar-refractivity contribution is -0.0790. The average Bonchev–Trinajstić information content (AvgIpc) is 2.92. The van der Waals surface area contributed by atoms with E-state index in [0.717, 1.165) is 47.1 Å². The molecule has 21 heavy (non-hydrogen) atoms. The molecule has 2 aliphatic rings. The minimum absolute atomic E-state index is 0.612. The Balaban J connectivity index is 2.15. The number of aryl methyl sites for hydroxylation is 1. The molecule has 1 aromatic heterocycles. The fourth-order valence-corrected chi connectivity index (χ4v) is 2.72. The first kappa shape index (κ1) is 13.9. The Bertz CT molecular complexity index is 624. The molecule has 0 saturated carbocycles. The molecule has 3 rings (SSSR count). The number of aliphatic imine (C=N–C) groups is 1. The maximum atomic E-state index is 5.53. The second-order valence-corrected chi connectivity index (χ2v) is 5.14. The molecule has 0 bridgehead atoms. The number of rotatable bonds is 4. The Morgan fingerprint density at radius 1 is 1.33 bits per heavy atom. The number of nitrogens with zero attached hydrogens (tertiary/aromatic N) is 4. The number of fused-ring (bicyclic) bond motifs is 3. The molecule has 3 heterocycles. The normalized spacial score (nSPS) is 16.4. The predicted molar refractivity (Wildman–Crippen MR) is 81.8 cm³/mol. The topological polar surface area (TPSA) is 50.2 Å². The lowest BCUT2D eigenvalue weighted by Crippen LogP contribution is -2.31. The Morgan fingerprint density at radius 2 is 2.14 bits per heavy atom. The van der Waals surface area contributed by atoms with Crippen LogP contribution in [0.4, 0.5) is 11.5 Å². The molecule has 0 fully saturated rings. The number of ether oxygens (including phenoxy) is 1. The number of pyridine rings is 1. The SMILES string of the molecule is CCCC1=Nc2c(ncc(C)c2OC)N2CN(OC)C=C12. The van der Waals surface area contributed by atoms with E-state index < -0.39 is 0 Å². The maximum absolute atomic E-state index is 5.53. The molecule has 0 saturated heterocycles. The van der Waals surface area contributed by atoms with Gasteiger partial charge in [0, 0.05) is 11.8 Å². The van der Waals surface area contributed by atoms with Crippen molar-refractivity contribution in [3.63, 3.8) is 0 Å². The van der Waals surface area contributed by atoms with Crippen molar-refractivity contribution in [3.05, 3.63) is 23.7 Å². The van der Waals surface area contributed by atoms with Crippen LogP contribution in [0.2, 0.25) is 0 Å². The third-order valence-corrected chi connectivity index (χ3v) is 3.73. The van der Waals surface area contributed by atoms with Crippen molar-refractivity contribution in [2.24, 2.45) is 4.99 Å². The number of hydrogen-bond acceptors (Lipinski definition) is 6. The predicted octanol–water partition coefficient (Wildman–Crippen LogP) is 2.77. The summed E-state index contributed by atoms with van der Waals surface area (Å²) in [7, 11) is 3.34. The van der Waals surface area contributed by atoms with E-state index in [1.54, 1.807) is 19.3 Å². The van der Waals surface area contributed by atoms with Crippen molar-refractivity contribution in [2.45, 2.75) is 26.7 Å². The minimum Gasteiger partial charge on any atom is -0.494 e. The maximum Gasteiger partial charge on any atom is 0.164 e. The number of hydrogen-bond donors (Lipinski definition) is 0. The lowest BCUT2D eigenvalue weighted by atomic mass is 10.1. The zero-order valence-corrected chi connectivity index (χ0v) is 12.9. The molecular weight excluding hydrogens is 268 g/mol. The van der Waals surface area contributed by atoms with Gasteiger partial charge in [-0.2, -0.15) is 0 Å². The first-order valence-corrected chi connectivity index (χ1v) is 7.11. The first-order chi connectivity index (χ1) is 10.2. The van der Waals surface area contributed by atoms with Crippen LogP contribution in [0.25, 0.3) is 0 Å². The highest BCUT2D eigenvalue weighted by Crippen LogP contribution is 2.44. The van der Waals surface area contributed by atoms with Crippen molar-refractivity contribution in [3.8, 4) is 5.75 Å². The fraction of sp³-hybridized carbons (Fsp3) is 0.467. The Hall–Kier alpha value is -2.08. The van der Waals surface area contributed by atoms with Crippen LogP contribution < -0.4 is 9.64 Å². The van der Waals surface area contributed by atoms with Crippen LogP contribution in [0, 0.1) is 6.92 Å². The van der Waals surface area contributed by atoms with Crippen LogP contribution in [0.1, 0.15) is 25.3 Å². The van der Waals surface area contributed by atoms with Gasteiger partial charge in [-0.05, 0) is 13.3 Å². The Kier molecular flexibility index (Phi) is 3.55. The number of aromatic nitrogens is 1. The first-order valence-electron chi connectivity index (χ1n) is 7.11. The second-order valence-electron chi connectivity index (χ2n) is 5.14. The molecule has 6 nitrogen and oxygen atoms in total. The molecule has 112 valence electrons. The summed E-state index contributed by atoms with van der Waals surface area (Å²) < 4.78 is 5.53. The second kappa shape index (κ2) is 5.37. The van der Waals surface area contributed by atoms with Gasteiger partial charge < -0.3 is 9.64 Å². The van der Waals surface area contributed by atoms with Gasteiger partial charge in [-0.25, -0.2) is 15.0 Å². The van der Waals surface area contributed by atoms with Gasteiger partial charge in [0.05, 0.1) is 31.8 Å². The average molecular weight is 288 g/mol. The molecular formula is C15H20N4O2. The number of anilines is 1. The van der Waals surface area contributed by atoms with Crippen molar-refractivity contribution in [1.29, 1.82) is 0 Å². The highest BCUT2D eigenvalue weighted by atomic mass is 16.7. The Labute approximate surface area is 124 Å². The van der Waals surface area contributed by atoms with E-state index in [9.17, 15) is 0 Å². The molecule has 1 aromatic rings. The van der Waals surface area contributed by atoms with Crippen molar-refractivity contribution in [2.75, 3.05) is 25.8 Å². The summed E-state index contributed by atoms with van der Waals surface area (Å²) in [4.78, 5) is 16.8. The zero-order valence-electron chi connectivity index (χ0n) is 12.9. The van der Waals surface area contributed by atoms with Gasteiger partial charge in [-0.1, -0.05) is 13.3 Å². The summed E-state index contributed by atoms with van der Waals surface area (Å²) >= 11 is 0. The Morgan fingerprint density at radius 3 is 2.81 bits per heavy atom. The summed E-state index contributed by atoms with van der Waals surface area (Å²) in [6.07, 6.45) is 5.75. The summed E-state index contributed by atoms with van der Waals surface area (Å²) in [6.45, 7) is 4.75. The smallest absolute Gasteiger partial charge is 0.164 e. The summed E-state index contributed by atoms with van der Waals surface area (Å²) in [5, 5.41) is 1.78. The van der Waals surface area contributed by atoms with Crippen molar-refractivity contribution >= 4 is 17.2 Å². The molecule has 0 spiro atoms. The quantitative estimate of drug-likeness (QED) is 0.852. The minimum atomic E-state index is 0.612. The monoisotopic (exact) mass is 288 g/mol. The fourth-order valence-electron chi connectivity index (χ4n) is 2.72. The highest BCUT2D eigenvalue weighted by Gasteiger charge is 2.33. The zero-order chi connectivity index (χ0) is 15.0. The van der Waals surface area contributed by atoms with E-state index in [2.05, 4.69) is 16.8 Å². The molecule has 2 aliphatic heterocycles. The summed E-state index contributed by atoms with van der Waals surface area (Å²) in [5.74, 6) is 1.62. The van der Waals surface area contributed by atoms with Crippen molar-refractivity contribution in [1.82, 2.24) is 10.0 Å². The van der Waals surface area contributed by atoms with E-state index in [0.29, 0.717) is 6.67 Å². The molecule has 0 N–H and O–H groups in total. The lowest BCUT2D eigenvalue weighted by Gasteiger charge is -2.28. The van der Waals surface area contributed by atoms with Gasteiger partial charge in [-0.15, -0.1) is 0 Å². The van der Waals surface area contributed by atoms with Gasteiger partial charge in [-0.3, -0.25) is 4.84 Å². The van der Waals surface area contributed by atoms with Gasteiger partial charge in [0.15, 0.2) is 11.6 Å². The van der Waals surface area contributed by atoms with Gasteiger partial charge in [0.25, 0.3) is 0 Å².